The lowest BCUT2D eigenvalue weighted by atomic mass is 10.1. The van der Waals surface area contributed by atoms with Crippen LogP contribution in [-0.4, -0.2) is 46.7 Å². The molecule has 28 heavy (non-hydrogen) atoms. The van der Waals surface area contributed by atoms with Crippen molar-refractivity contribution in [2.75, 3.05) is 25.2 Å². The van der Waals surface area contributed by atoms with Gasteiger partial charge in [0.05, 0.1) is 0 Å². The molecule has 8 nitrogen and oxygen atoms in total. The molecule has 0 saturated carbocycles. The van der Waals surface area contributed by atoms with E-state index in [2.05, 4.69) is 33.9 Å². The molecular formula is C19H30ClN5O3. The number of ether oxygens (including phenoxy) is 2. The van der Waals surface area contributed by atoms with Gasteiger partial charge in [-0.05, 0) is 44.0 Å². The lowest BCUT2D eigenvalue weighted by Crippen LogP contribution is -2.48. The molecule has 1 aromatic heterocycles. The predicted octanol–water partition coefficient (Wildman–Crippen LogP) is 1.93. The number of aryl methyl sites for hydroxylation is 1. The molecule has 1 aromatic carbocycles. The molecule has 0 fully saturated rings. The number of aromatic nitrogens is 2. The highest BCUT2D eigenvalue weighted by Gasteiger charge is 2.20. The van der Waals surface area contributed by atoms with Gasteiger partial charge in [-0.15, -0.1) is 22.6 Å². The van der Waals surface area contributed by atoms with Gasteiger partial charge < -0.3 is 25.3 Å². The highest BCUT2D eigenvalue weighted by Crippen LogP contribution is 2.14. The highest BCUT2D eigenvalue weighted by molar-refractivity contribution is 5.85. The van der Waals surface area contributed by atoms with E-state index >= 15 is 0 Å². The summed E-state index contributed by atoms with van der Waals surface area (Å²) < 4.78 is 11.3. The van der Waals surface area contributed by atoms with Crippen LogP contribution in [0.15, 0.2) is 36.4 Å². The molecule has 156 valence electrons. The zero-order valence-electron chi connectivity index (χ0n) is 16.5. The molecule has 0 aliphatic heterocycles. The van der Waals surface area contributed by atoms with Crippen molar-refractivity contribution in [2.45, 2.75) is 38.8 Å². The molecule has 9 heteroatoms. The molecule has 0 radical (unpaired) electrons. The number of rotatable bonds is 11. The number of nitrogens with one attached hydrogen (secondary N) is 2. The number of nitrogens with zero attached hydrogens (tertiary/aromatic N) is 2. The number of hydrazine groups is 1. The quantitative estimate of drug-likeness (QED) is 0.327. The third kappa shape index (κ3) is 8.26. The first-order valence-electron chi connectivity index (χ1n) is 9.00. The second kappa shape index (κ2) is 11.7. The molecule has 0 amide bonds. The molecule has 0 aliphatic rings. The Hall–Kier alpha value is -2.13. The molecule has 1 unspecified atom stereocenters. The molecule has 1 heterocycles. The Balaban J connectivity index is 0.00000392. The molecule has 0 spiro atoms. The van der Waals surface area contributed by atoms with Crippen LogP contribution in [0.25, 0.3) is 0 Å². The summed E-state index contributed by atoms with van der Waals surface area (Å²) >= 11 is 0. The minimum atomic E-state index is -0.635. The van der Waals surface area contributed by atoms with Crippen LogP contribution in [0.4, 0.5) is 5.82 Å². The van der Waals surface area contributed by atoms with Crippen LogP contribution in [0.3, 0.4) is 0 Å². The summed E-state index contributed by atoms with van der Waals surface area (Å²) in [6.07, 6.45) is 0.315. The first-order chi connectivity index (χ1) is 12.9. The number of nitrogens with two attached hydrogens (primary N) is 1. The van der Waals surface area contributed by atoms with Crippen molar-refractivity contribution >= 4 is 18.2 Å². The number of halogens is 1. The summed E-state index contributed by atoms with van der Waals surface area (Å²) in [5.41, 5.74) is 3.25. The monoisotopic (exact) mass is 411 g/mol. The average Bonchev–Trinajstić information content (AvgIpc) is 2.70. The van der Waals surface area contributed by atoms with Gasteiger partial charge in [0.1, 0.15) is 25.1 Å². The van der Waals surface area contributed by atoms with E-state index in [1.165, 1.54) is 5.56 Å². The van der Waals surface area contributed by atoms with Gasteiger partial charge in [-0.2, -0.15) is 0 Å². The number of β-amino-alcohol motifs (C(OH)–C–C–N with tert-alkyl or cyclic N) is 1. The standard InChI is InChI=1S/C19H29N5O3.ClH/c1-4-14-6-5-7-16(10-14)26-12-15(25)11-21-19(2,3)13-27-18-9-8-17(22-20)23-24-18;/h5-10,15,21,25H,4,11-13,20H2,1-3H3,(H,22,23);1H. The Morgan fingerprint density at radius 2 is 1.96 bits per heavy atom. The van der Waals surface area contributed by atoms with Gasteiger partial charge in [0.25, 0.3) is 0 Å². The minimum Gasteiger partial charge on any atom is -0.491 e. The summed E-state index contributed by atoms with van der Waals surface area (Å²) in [7, 11) is 0. The number of aliphatic hydroxyl groups is 1. The topological polar surface area (TPSA) is 115 Å². The molecule has 2 rings (SSSR count). The van der Waals surface area contributed by atoms with Crippen LogP contribution in [0, 0.1) is 0 Å². The summed E-state index contributed by atoms with van der Waals surface area (Å²) in [5.74, 6) is 6.89. The number of anilines is 1. The number of benzene rings is 1. The molecule has 5 N–H and O–H groups in total. The third-order valence-electron chi connectivity index (χ3n) is 3.93. The van der Waals surface area contributed by atoms with Crippen molar-refractivity contribution < 1.29 is 14.6 Å². The smallest absolute Gasteiger partial charge is 0.233 e. The van der Waals surface area contributed by atoms with Crippen molar-refractivity contribution in [3.05, 3.63) is 42.0 Å². The lowest BCUT2D eigenvalue weighted by Gasteiger charge is -2.27. The molecule has 2 aromatic rings. The Labute approximate surface area is 172 Å². The molecular weight excluding hydrogens is 382 g/mol. The normalized spacial score (nSPS) is 12.0. The Morgan fingerprint density at radius 3 is 2.61 bits per heavy atom. The second-order valence-corrected chi connectivity index (χ2v) is 6.92. The molecule has 1 atom stereocenters. The summed E-state index contributed by atoms with van der Waals surface area (Å²) in [4.78, 5) is 0. The van der Waals surface area contributed by atoms with Crippen LogP contribution < -0.4 is 26.1 Å². The second-order valence-electron chi connectivity index (χ2n) is 6.92. The van der Waals surface area contributed by atoms with E-state index in [-0.39, 0.29) is 24.6 Å². The van der Waals surface area contributed by atoms with E-state index in [0.29, 0.717) is 24.8 Å². The molecule has 0 bridgehead atoms. The predicted molar refractivity (Wildman–Crippen MR) is 112 cm³/mol. The first kappa shape index (κ1) is 23.9. The van der Waals surface area contributed by atoms with Gasteiger partial charge in [-0.3, -0.25) is 0 Å². The zero-order chi connectivity index (χ0) is 19.7. The Bertz CT molecular complexity index is 700. The Morgan fingerprint density at radius 1 is 1.18 bits per heavy atom. The lowest BCUT2D eigenvalue weighted by molar-refractivity contribution is 0.0922. The van der Waals surface area contributed by atoms with Crippen molar-refractivity contribution in [3.63, 3.8) is 0 Å². The maximum atomic E-state index is 10.2. The first-order valence-corrected chi connectivity index (χ1v) is 9.00. The van der Waals surface area contributed by atoms with Crippen molar-refractivity contribution in [3.8, 4) is 11.6 Å². The van der Waals surface area contributed by atoms with Crippen LogP contribution >= 0.6 is 12.4 Å². The van der Waals surface area contributed by atoms with E-state index in [0.717, 1.165) is 12.2 Å². The maximum Gasteiger partial charge on any atom is 0.233 e. The Kier molecular flexibility index (Phi) is 9.95. The van der Waals surface area contributed by atoms with E-state index < -0.39 is 6.10 Å². The SMILES string of the molecule is CCc1cccc(OCC(O)CNC(C)(C)COc2ccc(NN)nn2)c1.Cl. The average molecular weight is 412 g/mol. The zero-order valence-corrected chi connectivity index (χ0v) is 17.3. The van der Waals surface area contributed by atoms with Gasteiger partial charge in [0.15, 0.2) is 5.82 Å². The van der Waals surface area contributed by atoms with E-state index in [1.54, 1.807) is 12.1 Å². The number of hydrogen-bond acceptors (Lipinski definition) is 8. The fraction of sp³-hybridized carbons (Fsp3) is 0.474. The van der Waals surface area contributed by atoms with Crippen LogP contribution in [-0.2, 0) is 6.42 Å². The van der Waals surface area contributed by atoms with Crippen LogP contribution in [0.1, 0.15) is 26.3 Å². The van der Waals surface area contributed by atoms with Gasteiger partial charge >= 0.3 is 0 Å². The fourth-order valence-corrected chi connectivity index (χ4v) is 2.28. The van der Waals surface area contributed by atoms with E-state index in [4.69, 9.17) is 15.3 Å². The minimum absolute atomic E-state index is 0. The van der Waals surface area contributed by atoms with Gasteiger partial charge in [-0.1, -0.05) is 19.1 Å². The maximum absolute atomic E-state index is 10.2. The highest BCUT2D eigenvalue weighted by atomic mass is 35.5. The van der Waals surface area contributed by atoms with E-state index in [9.17, 15) is 5.11 Å². The van der Waals surface area contributed by atoms with Gasteiger partial charge in [-0.25, -0.2) is 5.84 Å². The molecule has 0 aliphatic carbocycles. The van der Waals surface area contributed by atoms with Crippen molar-refractivity contribution in [1.29, 1.82) is 0 Å². The van der Waals surface area contributed by atoms with Crippen molar-refractivity contribution in [1.82, 2.24) is 15.5 Å². The molecule has 0 saturated heterocycles. The number of aliphatic hydroxyl groups excluding tert-OH is 1. The number of nitrogen functional groups attached to an aromatic ring is 1. The fourth-order valence-electron chi connectivity index (χ4n) is 2.28. The summed E-state index contributed by atoms with van der Waals surface area (Å²) in [5, 5.41) is 21.2. The largest absolute Gasteiger partial charge is 0.491 e. The summed E-state index contributed by atoms with van der Waals surface area (Å²) in [6.45, 7) is 7.02. The third-order valence-corrected chi connectivity index (χ3v) is 3.93. The van der Waals surface area contributed by atoms with Crippen LogP contribution in [0.5, 0.6) is 11.6 Å². The van der Waals surface area contributed by atoms with Crippen molar-refractivity contribution in [2.24, 2.45) is 5.84 Å². The van der Waals surface area contributed by atoms with Gasteiger partial charge in [0.2, 0.25) is 5.88 Å². The van der Waals surface area contributed by atoms with Gasteiger partial charge in [0, 0.05) is 18.2 Å². The van der Waals surface area contributed by atoms with Crippen LogP contribution in [0.2, 0.25) is 0 Å². The summed E-state index contributed by atoms with van der Waals surface area (Å²) in [6, 6.07) is 11.3. The van der Waals surface area contributed by atoms with E-state index in [1.807, 2.05) is 32.0 Å². The number of hydrogen-bond donors (Lipinski definition) is 4.